The molecule has 0 spiro atoms. The third kappa shape index (κ3) is 3.72. The molecular weight excluding hydrogens is 236 g/mol. The summed E-state index contributed by atoms with van der Waals surface area (Å²) in [5.74, 6) is -0.144. The average Bonchev–Trinajstić information content (AvgIpc) is 2.63. The van der Waals surface area contributed by atoms with E-state index in [-0.39, 0.29) is 18.5 Å². The fourth-order valence-electron chi connectivity index (χ4n) is 1.93. The topological polar surface area (TPSA) is 95.4 Å². The van der Waals surface area contributed by atoms with Gasteiger partial charge in [-0.2, -0.15) is 0 Å². The highest BCUT2D eigenvalue weighted by Crippen LogP contribution is 2.24. The van der Waals surface area contributed by atoms with Gasteiger partial charge in [0.15, 0.2) is 12.5 Å². The molecule has 2 unspecified atom stereocenters. The van der Waals surface area contributed by atoms with Crippen molar-refractivity contribution in [3.8, 4) is 0 Å². The number of hydrogen-bond donors (Lipinski definition) is 0. The first-order chi connectivity index (χ1) is 8.39. The fourth-order valence-corrected chi connectivity index (χ4v) is 1.93. The molecule has 0 bridgehead atoms. The number of rotatable bonds is 5. The Labute approximate surface area is 106 Å². The van der Waals surface area contributed by atoms with Crippen LogP contribution in [0.5, 0.6) is 0 Å². The number of hydrogen-bond acceptors (Lipinski definition) is 4. The van der Waals surface area contributed by atoms with Gasteiger partial charge in [-0.3, -0.25) is 9.59 Å². The molecule has 1 amide bonds. The number of azide groups is 1. The molecule has 0 aromatic carbocycles. The maximum atomic E-state index is 11.8. The van der Waals surface area contributed by atoms with Gasteiger partial charge in [0.05, 0.1) is 5.60 Å². The predicted octanol–water partition coefficient (Wildman–Crippen LogP) is 1.63. The molecule has 0 radical (unpaired) electrons. The maximum absolute atomic E-state index is 11.8. The van der Waals surface area contributed by atoms with Crippen molar-refractivity contribution < 1.29 is 14.3 Å². The second kappa shape index (κ2) is 5.84. The lowest BCUT2D eigenvalue weighted by Crippen LogP contribution is -2.48. The highest BCUT2D eigenvalue weighted by atomic mass is 16.5. The molecule has 0 saturated carbocycles. The first-order valence-corrected chi connectivity index (χ1v) is 5.84. The first kappa shape index (κ1) is 14.5. The quantitative estimate of drug-likeness (QED) is 0.323. The minimum Gasteiger partial charge on any atom is -0.346 e. The number of carbonyl (C=O) groups excluding carboxylic acids is 2. The van der Waals surface area contributed by atoms with Gasteiger partial charge in [0, 0.05) is 23.9 Å². The van der Waals surface area contributed by atoms with E-state index in [1.165, 1.54) is 4.90 Å². The van der Waals surface area contributed by atoms with Crippen LogP contribution >= 0.6 is 0 Å². The van der Waals surface area contributed by atoms with Crippen molar-refractivity contribution in [1.82, 2.24) is 4.90 Å². The summed E-state index contributed by atoms with van der Waals surface area (Å²) in [6.07, 6.45) is 0.621. The van der Waals surface area contributed by atoms with E-state index in [0.29, 0.717) is 19.1 Å². The molecule has 1 rings (SSSR count). The number of amides is 1. The van der Waals surface area contributed by atoms with Gasteiger partial charge in [0.1, 0.15) is 0 Å². The van der Waals surface area contributed by atoms with Gasteiger partial charge >= 0.3 is 0 Å². The third-order valence-corrected chi connectivity index (χ3v) is 2.59. The Morgan fingerprint density at radius 3 is 2.83 bits per heavy atom. The second-order valence-electron chi connectivity index (χ2n) is 5.16. The summed E-state index contributed by atoms with van der Waals surface area (Å²) in [5, 5.41) is 3.47. The summed E-state index contributed by atoms with van der Waals surface area (Å²) in [4.78, 5) is 27.0. The molecule has 7 nitrogen and oxygen atoms in total. The highest BCUT2D eigenvalue weighted by Gasteiger charge is 2.37. The first-order valence-electron chi connectivity index (χ1n) is 5.84. The van der Waals surface area contributed by atoms with Crippen LogP contribution in [0.2, 0.25) is 0 Å². The van der Waals surface area contributed by atoms with E-state index in [4.69, 9.17) is 10.3 Å². The van der Waals surface area contributed by atoms with Crippen molar-refractivity contribution in [3.63, 3.8) is 0 Å². The zero-order valence-corrected chi connectivity index (χ0v) is 10.9. The number of nitrogens with zero attached hydrogens (tertiary/aromatic N) is 4. The summed E-state index contributed by atoms with van der Waals surface area (Å²) in [7, 11) is 0. The van der Waals surface area contributed by atoms with E-state index in [1.807, 2.05) is 20.8 Å². The monoisotopic (exact) mass is 254 g/mol. The van der Waals surface area contributed by atoms with Crippen LogP contribution in [-0.4, -0.2) is 41.5 Å². The molecule has 0 aromatic heterocycles. The number of ether oxygens (including phenoxy) is 1. The third-order valence-electron chi connectivity index (χ3n) is 2.59. The summed E-state index contributed by atoms with van der Waals surface area (Å²) < 4.78 is 5.55. The van der Waals surface area contributed by atoms with Gasteiger partial charge in [0.25, 0.3) is 0 Å². The lowest BCUT2D eigenvalue weighted by molar-refractivity contribution is -0.166. The van der Waals surface area contributed by atoms with Gasteiger partial charge in [-0.1, -0.05) is 5.11 Å². The number of likely N-dealkylation sites (tertiary alicyclic amines) is 1. The Kier molecular flexibility index (Phi) is 4.69. The van der Waals surface area contributed by atoms with Gasteiger partial charge in [-0.15, -0.1) is 0 Å². The van der Waals surface area contributed by atoms with E-state index >= 15 is 0 Å². The standard InChI is InChI=1S/C11H18N4O3/c1-11(2,3)18-10(7-16)15-8(6-13-14-12)4-5-9(15)17/h7-8,10H,4-6H2,1-3H3. The summed E-state index contributed by atoms with van der Waals surface area (Å²) >= 11 is 0. The second-order valence-corrected chi connectivity index (χ2v) is 5.16. The van der Waals surface area contributed by atoms with Gasteiger partial charge < -0.3 is 9.64 Å². The summed E-state index contributed by atoms with van der Waals surface area (Å²) in [5.41, 5.74) is 7.78. The SMILES string of the molecule is CC(C)(C)OC(C=O)N1C(=O)CCC1CN=[N+]=[N-]. The smallest absolute Gasteiger partial charge is 0.225 e. The molecule has 0 aromatic rings. The van der Waals surface area contributed by atoms with Crippen LogP contribution in [0.3, 0.4) is 0 Å². The lowest BCUT2D eigenvalue weighted by atomic mass is 10.2. The number of carbonyl (C=O) groups is 2. The van der Waals surface area contributed by atoms with E-state index in [0.717, 1.165) is 0 Å². The molecule has 1 saturated heterocycles. The molecule has 0 aliphatic carbocycles. The zero-order chi connectivity index (χ0) is 13.8. The zero-order valence-electron chi connectivity index (χ0n) is 10.9. The molecule has 18 heavy (non-hydrogen) atoms. The molecule has 7 heteroatoms. The van der Waals surface area contributed by atoms with Crippen molar-refractivity contribution in [1.29, 1.82) is 0 Å². The van der Waals surface area contributed by atoms with Crippen molar-refractivity contribution in [2.45, 2.75) is 51.5 Å². The Bertz CT molecular complexity index is 371. The van der Waals surface area contributed by atoms with Crippen molar-refractivity contribution in [2.75, 3.05) is 6.54 Å². The Hall–Kier alpha value is -1.59. The Morgan fingerprint density at radius 2 is 2.33 bits per heavy atom. The van der Waals surface area contributed by atoms with Gasteiger partial charge in [-0.25, -0.2) is 0 Å². The molecular formula is C11H18N4O3. The van der Waals surface area contributed by atoms with E-state index < -0.39 is 11.8 Å². The van der Waals surface area contributed by atoms with Gasteiger partial charge in [-0.05, 0) is 32.7 Å². The van der Waals surface area contributed by atoms with Crippen LogP contribution in [-0.2, 0) is 14.3 Å². The molecule has 1 aliphatic heterocycles. The van der Waals surface area contributed by atoms with Crippen LogP contribution < -0.4 is 0 Å². The highest BCUT2D eigenvalue weighted by molar-refractivity contribution is 5.81. The van der Waals surface area contributed by atoms with Crippen molar-refractivity contribution in [3.05, 3.63) is 10.4 Å². The average molecular weight is 254 g/mol. The van der Waals surface area contributed by atoms with Crippen LogP contribution in [0.15, 0.2) is 5.11 Å². The summed E-state index contributed by atoms with van der Waals surface area (Å²) in [6, 6.07) is -0.258. The minimum absolute atomic E-state index is 0.144. The molecule has 2 atom stereocenters. The van der Waals surface area contributed by atoms with E-state index in [1.54, 1.807) is 0 Å². The Balaban J connectivity index is 2.82. The van der Waals surface area contributed by atoms with Crippen LogP contribution in [0, 0.1) is 0 Å². The van der Waals surface area contributed by atoms with Gasteiger partial charge in [0.2, 0.25) is 5.91 Å². The van der Waals surface area contributed by atoms with Crippen molar-refractivity contribution >= 4 is 12.2 Å². The fraction of sp³-hybridized carbons (Fsp3) is 0.818. The van der Waals surface area contributed by atoms with E-state index in [2.05, 4.69) is 10.0 Å². The van der Waals surface area contributed by atoms with Crippen LogP contribution in [0.1, 0.15) is 33.6 Å². The van der Waals surface area contributed by atoms with Crippen molar-refractivity contribution in [2.24, 2.45) is 5.11 Å². The molecule has 0 N–H and O–H groups in total. The summed E-state index contributed by atoms with van der Waals surface area (Å²) in [6.45, 7) is 5.60. The molecule has 1 aliphatic rings. The normalized spacial score (nSPS) is 21.6. The maximum Gasteiger partial charge on any atom is 0.225 e. The van der Waals surface area contributed by atoms with Crippen LogP contribution in [0.4, 0.5) is 0 Å². The van der Waals surface area contributed by atoms with E-state index in [9.17, 15) is 9.59 Å². The minimum atomic E-state index is -0.918. The molecule has 1 heterocycles. The largest absolute Gasteiger partial charge is 0.346 e. The Morgan fingerprint density at radius 1 is 1.67 bits per heavy atom. The van der Waals surface area contributed by atoms with Crippen LogP contribution in [0.25, 0.3) is 10.4 Å². The molecule has 100 valence electrons. The predicted molar refractivity (Wildman–Crippen MR) is 64.6 cm³/mol. The molecule has 1 fully saturated rings. The lowest BCUT2D eigenvalue weighted by Gasteiger charge is -2.33. The number of aldehydes is 1.